The Balaban J connectivity index is 2.92. The molecule has 0 fully saturated rings. The molecule has 0 aliphatic carbocycles. The predicted molar refractivity (Wildman–Crippen MR) is 65.7 cm³/mol. The first kappa shape index (κ1) is 17.0. The van der Waals surface area contributed by atoms with Crippen molar-refractivity contribution >= 4 is 29.3 Å². The second-order valence-corrected chi connectivity index (χ2v) is 4.54. The molecule has 0 aliphatic heterocycles. The zero-order valence-electron chi connectivity index (χ0n) is 10.4. The molecule has 0 radical (unpaired) electrons. The monoisotopic (exact) mass is 328 g/mol. The van der Waals surface area contributed by atoms with Crippen LogP contribution in [0.4, 0.5) is 28.0 Å². The normalized spacial score (nSPS) is 14.2. The summed E-state index contributed by atoms with van der Waals surface area (Å²) in [5.74, 6) is -2.99. The van der Waals surface area contributed by atoms with Crippen molar-refractivity contribution < 1.29 is 32.3 Å². The maximum absolute atomic E-state index is 12.8. The van der Waals surface area contributed by atoms with E-state index in [9.17, 15) is 27.2 Å². The van der Waals surface area contributed by atoms with Crippen LogP contribution in [0.3, 0.4) is 0 Å². The molecule has 3 N–H and O–H groups in total. The largest absolute Gasteiger partial charge is 0.479 e. The second-order valence-electron chi connectivity index (χ2n) is 4.13. The van der Waals surface area contributed by atoms with Gasteiger partial charge in [-0.2, -0.15) is 13.2 Å². The predicted octanol–water partition coefficient (Wildman–Crippen LogP) is 3.01. The Labute approximate surface area is 120 Å². The Kier molecular flexibility index (Phi) is 4.67. The highest BCUT2D eigenvalue weighted by molar-refractivity contribution is 6.33. The lowest BCUT2D eigenvalue weighted by Gasteiger charge is -2.28. The second kappa shape index (κ2) is 5.76. The number of amides is 2. The number of rotatable bonds is 3. The molecule has 0 aliphatic rings. The van der Waals surface area contributed by atoms with Gasteiger partial charge in [0.05, 0.1) is 10.7 Å². The smallest absolute Gasteiger partial charge is 0.422 e. The van der Waals surface area contributed by atoms with E-state index in [0.717, 1.165) is 18.2 Å². The number of hydrogen-bond acceptors (Lipinski definition) is 2. The number of nitrogens with one attached hydrogen (secondary N) is 2. The van der Waals surface area contributed by atoms with Gasteiger partial charge in [0.2, 0.25) is 5.54 Å². The molecule has 0 saturated carbocycles. The highest BCUT2D eigenvalue weighted by Crippen LogP contribution is 2.30. The molecule has 0 heterocycles. The van der Waals surface area contributed by atoms with Crippen molar-refractivity contribution in [2.24, 2.45) is 0 Å². The van der Waals surface area contributed by atoms with Gasteiger partial charge in [0, 0.05) is 0 Å². The molecule has 10 heteroatoms. The summed E-state index contributed by atoms with van der Waals surface area (Å²) in [6, 6.07) is 1.31. The minimum atomic E-state index is -5.22. The first-order chi connectivity index (χ1) is 9.47. The lowest BCUT2D eigenvalue weighted by molar-refractivity contribution is -0.203. The lowest BCUT2D eigenvalue weighted by atomic mass is 10.0. The van der Waals surface area contributed by atoms with Crippen molar-refractivity contribution in [3.63, 3.8) is 0 Å². The highest BCUT2D eigenvalue weighted by Gasteiger charge is 2.58. The highest BCUT2D eigenvalue weighted by atomic mass is 35.5. The van der Waals surface area contributed by atoms with Crippen LogP contribution < -0.4 is 10.6 Å². The Hall–Kier alpha value is -2.03. The zero-order valence-corrected chi connectivity index (χ0v) is 11.1. The first-order valence-electron chi connectivity index (χ1n) is 5.31. The number of carboxylic acid groups (broad SMARTS) is 1. The molecule has 1 aromatic rings. The summed E-state index contributed by atoms with van der Waals surface area (Å²) >= 11 is 5.58. The van der Waals surface area contributed by atoms with E-state index in [1.807, 2.05) is 5.32 Å². The minimum absolute atomic E-state index is 0.175. The summed E-state index contributed by atoms with van der Waals surface area (Å²) < 4.78 is 50.8. The molecule has 0 aromatic heterocycles. The van der Waals surface area contributed by atoms with E-state index >= 15 is 0 Å². The number of carbonyl (C=O) groups excluding carboxylic acids is 1. The summed E-state index contributed by atoms with van der Waals surface area (Å²) in [6.45, 7) is 0.293. The van der Waals surface area contributed by atoms with Crippen LogP contribution in [0.1, 0.15) is 6.92 Å². The van der Waals surface area contributed by atoms with Crippen LogP contribution in [0.15, 0.2) is 18.2 Å². The lowest BCUT2D eigenvalue weighted by Crippen LogP contribution is -2.62. The summed E-state index contributed by atoms with van der Waals surface area (Å²) in [6.07, 6.45) is -5.22. The van der Waals surface area contributed by atoms with E-state index in [1.165, 1.54) is 5.32 Å². The topological polar surface area (TPSA) is 78.4 Å². The van der Waals surface area contributed by atoms with E-state index in [-0.39, 0.29) is 10.7 Å². The third kappa shape index (κ3) is 3.75. The summed E-state index contributed by atoms with van der Waals surface area (Å²) in [7, 11) is 0. The van der Waals surface area contributed by atoms with E-state index in [0.29, 0.717) is 6.92 Å². The molecule has 1 aromatic carbocycles. The molecule has 2 amide bonds. The first-order valence-corrected chi connectivity index (χ1v) is 5.69. The number of anilines is 1. The third-order valence-corrected chi connectivity index (χ3v) is 2.85. The number of carbonyl (C=O) groups is 2. The number of benzene rings is 1. The van der Waals surface area contributed by atoms with Gasteiger partial charge >= 0.3 is 18.2 Å². The van der Waals surface area contributed by atoms with Crippen LogP contribution >= 0.6 is 11.6 Å². The van der Waals surface area contributed by atoms with Crippen LogP contribution in [0.25, 0.3) is 0 Å². The maximum Gasteiger partial charge on any atom is 0.422 e. The van der Waals surface area contributed by atoms with Crippen LogP contribution in [0, 0.1) is 5.82 Å². The van der Waals surface area contributed by atoms with Gasteiger partial charge in [-0.25, -0.2) is 14.0 Å². The average molecular weight is 329 g/mol. The SMILES string of the molecule is CC(NC(=O)Nc1ccc(F)cc1Cl)(C(=O)O)C(F)(F)F. The van der Waals surface area contributed by atoms with Gasteiger partial charge in [0.1, 0.15) is 5.82 Å². The van der Waals surface area contributed by atoms with Crippen LogP contribution in [-0.2, 0) is 4.79 Å². The molecule has 0 spiro atoms. The number of hydrogen-bond donors (Lipinski definition) is 3. The molecule has 5 nitrogen and oxygen atoms in total. The molecule has 0 saturated heterocycles. The van der Waals surface area contributed by atoms with Crippen LogP contribution in [0.5, 0.6) is 0 Å². The number of halogens is 5. The van der Waals surface area contributed by atoms with Crippen LogP contribution in [-0.4, -0.2) is 28.8 Å². The Morgan fingerprint density at radius 1 is 1.29 bits per heavy atom. The standard InChI is InChI=1S/C11H9ClF4N2O3/c1-10(8(19)20,11(14,15)16)18-9(21)17-7-3-2-5(13)4-6(7)12/h2-4H,1H3,(H,19,20)(H2,17,18,21). The minimum Gasteiger partial charge on any atom is -0.479 e. The molecule has 1 atom stereocenters. The van der Waals surface area contributed by atoms with Gasteiger partial charge in [-0.05, 0) is 25.1 Å². The van der Waals surface area contributed by atoms with E-state index in [4.69, 9.17) is 16.7 Å². The molecule has 1 unspecified atom stereocenters. The van der Waals surface area contributed by atoms with Crippen molar-refractivity contribution in [1.82, 2.24) is 5.32 Å². The van der Waals surface area contributed by atoms with Gasteiger partial charge < -0.3 is 15.7 Å². The molecule has 116 valence electrons. The molecule has 21 heavy (non-hydrogen) atoms. The number of aliphatic carboxylic acids is 1. The van der Waals surface area contributed by atoms with Crippen molar-refractivity contribution in [1.29, 1.82) is 0 Å². The van der Waals surface area contributed by atoms with Gasteiger partial charge in [-0.15, -0.1) is 0 Å². The zero-order chi connectivity index (χ0) is 16.4. The molecule has 1 rings (SSSR count). The van der Waals surface area contributed by atoms with Gasteiger partial charge in [-0.3, -0.25) is 0 Å². The quantitative estimate of drug-likeness (QED) is 0.746. The number of urea groups is 1. The van der Waals surface area contributed by atoms with E-state index in [1.54, 1.807) is 0 Å². The molecular formula is C11H9ClF4N2O3. The van der Waals surface area contributed by atoms with E-state index < -0.39 is 29.5 Å². The van der Waals surface area contributed by atoms with Gasteiger partial charge in [-0.1, -0.05) is 11.6 Å². The fraction of sp³-hybridized carbons (Fsp3) is 0.273. The fourth-order valence-corrected chi connectivity index (χ4v) is 1.43. The fourth-order valence-electron chi connectivity index (χ4n) is 1.22. The maximum atomic E-state index is 12.8. The van der Waals surface area contributed by atoms with Crippen LogP contribution in [0.2, 0.25) is 5.02 Å². The Morgan fingerprint density at radius 2 is 1.86 bits per heavy atom. The van der Waals surface area contributed by atoms with Gasteiger partial charge in [0.15, 0.2) is 0 Å². The summed E-state index contributed by atoms with van der Waals surface area (Å²) in [4.78, 5) is 22.2. The molecule has 0 bridgehead atoms. The summed E-state index contributed by atoms with van der Waals surface area (Å²) in [5.41, 5.74) is -3.66. The Bertz CT molecular complexity index is 579. The van der Waals surface area contributed by atoms with Crippen molar-refractivity contribution in [2.45, 2.75) is 18.6 Å². The number of alkyl halides is 3. The van der Waals surface area contributed by atoms with Crippen molar-refractivity contribution in [3.05, 3.63) is 29.0 Å². The molecular weight excluding hydrogens is 320 g/mol. The average Bonchev–Trinajstić information content (AvgIpc) is 2.31. The van der Waals surface area contributed by atoms with Crippen molar-refractivity contribution in [3.8, 4) is 0 Å². The summed E-state index contributed by atoms with van der Waals surface area (Å²) in [5, 5.41) is 11.6. The number of carboxylic acids is 1. The Morgan fingerprint density at radius 3 is 2.29 bits per heavy atom. The third-order valence-electron chi connectivity index (χ3n) is 2.54. The van der Waals surface area contributed by atoms with E-state index in [2.05, 4.69) is 0 Å². The van der Waals surface area contributed by atoms with Gasteiger partial charge in [0.25, 0.3) is 0 Å². The van der Waals surface area contributed by atoms with Crippen molar-refractivity contribution in [2.75, 3.05) is 5.32 Å².